The van der Waals surface area contributed by atoms with Crippen LogP contribution in [-0.2, 0) is 19.0 Å². The Hall–Kier alpha value is -0.650. The van der Waals surface area contributed by atoms with Crippen molar-refractivity contribution in [3.63, 3.8) is 0 Å². The van der Waals surface area contributed by atoms with Gasteiger partial charge in [-0.2, -0.15) is 0 Å². The van der Waals surface area contributed by atoms with E-state index in [2.05, 4.69) is 0 Å². The highest BCUT2D eigenvalue weighted by molar-refractivity contribution is 5.74. The van der Waals surface area contributed by atoms with Gasteiger partial charge >= 0.3 is 5.97 Å². The zero-order valence-corrected chi connectivity index (χ0v) is 8.73. The SMILES string of the molecule is CC1(C)O[C@H]2[C@@H]3CC(=O)O[C@]3(CO)[C@H]2O1. The maximum atomic E-state index is 11.2. The van der Waals surface area contributed by atoms with Gasteiger partial charge in [-0.15, -0.1) is 0 Å². The minimum absolute atomic E-state index is 0.0539. The van der Waals surface area contributed by atoms with Crippen LogP contribution in [0.2, 0.25) is 0 Å². The normalized spacial score (nSPS) is 50.6. The molecular formula is C10H14O5. The number of aliphatic hydroxyl groups excluding tert-OH is 1. The molecule has 5 heteroatoms. The highest BCUT2D eigenvalue weighted by atomic mass is 16.8. The van der Waals surface area contributed by atoms with E-state index in [0.29, 0.717) is 6.42 Å². The Morgan fingerprint density at radius 1 is 1.47 bits per heavy atom. The van der Waals surface area contributed by atoms with E-state index in [4.69, 9.17) is 14.2 Å². The monoisotopic (exact) mass is 214 g/mol. The van der Waals surface area contributed by atoms with Crippen molar-refractivity contribution >= 4 is 5.97 Å². The molecule has 0 amide bonds. The largest absolute Gasteiger partial charge is 0.453 e. The average molecular weight is 214 g/mol. The van der Waals surface area contributed by atoms with Gasteiger partial charge in [0.25, 0.3) is 0 Å². The first-order valence-electron chi connectivity index (χ1n) is 5.17. The molecular weight excluding hydrogens is 200 g/mol. The second kappa shape index (κ2) is 2.53. The molecule has 0 aromatic heterocycles. The Kier molecular flexibility index (Phi) is 1.62. The average Bonchev–Trinajstić information content (AvgIpc) is 2.61. The summed E-state index contributed by atoms with van der Waals surface area (Å²) < 4.78 is 16.5. The van der Waals surface area contributed by atoms with Crippen LogP contribution in [0.15, 0.2) is 0 Å². The van der Waals surface area contributed by atoms with Gasteiger partial charge in [-0.3, -0.25) is 4.79 Å². The second-order valence-corrected chi connectivity index (χ2v) is 4.92. The molecule has 5 nitrogen and oxygen atoms in total. The summed E-state index contributed by atoms with van der Waals surface area (Å²) in [6.07, 6.45) is -0.103. The first-order chi connectivity index (χ1) is 6.98. The molecule has 1 N–H and O–H groups in total. The summed E-state index contributed by atoms with van der Waals surface area (Å²) in [6, 6.07) is 0. The van der Waals surface area contributed by atoms with Crippen molar-refractivity contribution in [2.75, 3.05) is 6.61 Å². The minimum atomic E-state index is -0.838. The Morgan fingerprint density at radius 2 is 2.20 bits per heavy atom. The summed E-state index contributed by atoms with van der Waals surface area (Å²) in [4.78, 5) is 11.2. The number of aliphatic hydroxyl groups is 1. The molecule has 0 aromatic carbocycles. The van der Waals surface area contributed by atoms with E-state index in [1.165, 1.54) is 0 Å². The lowest BCUT2D eigenvalue weighted by atomic mass is 9.65. The van der Waals surface area contributed by atoms with E-state index in [1.54, 1.807) is 0 Å². The molecule has 3 rings (SSSR count). The van der Waals surface area contributed by atoms with E-state index < -0.39 is 11.4 Å². The Morgan fingerprint density at radius 3 is 2.87 bits per heavy atom. The third kappa shape index (κ3) is 1.01. The maximum absolute atomic E-state index is 11.2. The molecule has 84 valence electrons. The number of hydrogen-bond donors (Lipinski definition) is 1. The number of hydrogen-bond acceptors (Lipinski definition) is 5. The van der Waals surface area contributed by atoms with E-state index >= 15 is 0 Å². The van der Waals surface area contributed by atoms with Crippen molar-refractivity contribution < 1.29 is 24.1 Å². The summed E-state index contributed by atoms with van der Waals surface area (Å²) in [6.45, 7) is 3.46. The highest BCUT2D eigenvalue weighted by Gasteiger charge is 2.74. The van der Waals surface area contributed by atoms with Crippen LogP contribution in [0, 0.1) is 5.92 Å². The molecule has 3 aliphatic rings. The predicted octanol–water partition coefficient (Wildman–Crippen LogP) is -0.186. The van der Waals surface area contributed by atoms with Crippen LogP contribution in [0.4, 0.5) is 0 Å². The molecule has 2 saturated heterocycles. The van der Waals surface area contributed by atoms with E-state index in [9.17, 15) is 9.90 Å². The molecule has 15 heavy (non-hydrogen) atoms. The van der Waals surface area contributed by atoms with Gasteiger partial charge < -0.3 is 19.3 Å². The van der Waals surface area contributed by atoms with Crippen molar-refractivity contribution in [3.8, 4) is 0 Å². The van der Waals surface area contributed by atoms with Crippen molar-refractivity contribution in [2.45, 2.75) is 43.9 Å². The first-order valence-corrected chi connectivity index (χ1v) is 5.17. The van der Waals surface area contributed by atoms with Crippen LogP contribution in [-0.4, -0.2) is 41.3 Å². The van der Waals surface area contributed by atoms with E-state index in [-0.39, 0.29) is 30.7 Å². The Balaban J connectivity index is 1.91. The van der Waals surface area contributed by atoms with Crippen LogP contribution in [0.25, 0.3) is 0 Å². The van der Waals surface area contributed by atoms with E-state index in [0.717, 1.165) is 0 Å². The van der Waals surface area contributed by atoms with Crippen molar-refractivity contribution in [3.05, 3.63) is 0 Å². The summed E-state index contributed by atoms with van der Waals surface area (Å²) in [7, 11) is 0. The number of carbonyl (C=O) groups excluding carboxylic acids is 1. The predicted molar refractivity (Wildman–Crippen MR) is 47.8 cm³/mol. The van der Waals surface area contributed by atoms with Crippen LogP contribution in [0.5, 0.6) is 0 Å². The highest BCUT2D eigenvalue weighted by Crippen LogP contribution is 2.57. The smallest absolute Gasteiger partial charge is 0.307 e. The fourth-order valence-electron chi connectivity index (χ4n) is 2.93. The zero-order chi connectivity index (χ0) is 10.8. The van der Waals surface area contributed by atoms with E-state index in [1.807, 2.05) is 13.8 Å². The Bertz CT molecular complexity index is 326. The van der Waals surface area contributed by atoms with Gasteiger partial charge in [-0.25, -0.2) is 0 Å². The fraction of sp³-hybridized carbons (Fsp3) is 0.900. The van der Waals surface area contributed by atoms with Crippen LogP contribution in [0.3, 0.4) is 0 Å². The summed E-state index contributed by atoms with van der Waals surface area (Å²) in [5.74, 6) is -0.968. The summed E-state index contributed by atoms with van der Waals surface area (Å²) in [5, 5.41) is 9.37. The summed E-state index contributed by atoms with van der Waals surface area (Å²) in [5.41, 5.74) is -0.838. The molecule has 1 saturated carbocycles. The number of esters is 1. The third-order valence-corrected chi connectivity index (χ3v) is 3.57. The van der Waals surface area contributed by atoms with Gasteiger partial charge in [-0.05, 0) is 13.8 Å². The number of rotatable bonds is 1. The standard InChI is InChI=1S/C10H14O5/c1-9(2)14-7-5-3-6(12)13-10(5,4-11)8(7)15-9/h5,7-8,11H,3-4H2,1-2H3/t5-,7-,8-,10-/m0/s1. The Labute approximate surface area is 87.3 Å². The minimum Gasteiger partial charge on any atom is -0.453 e. The lowest BCUT2D eigenvalue weighted by molar-refractivity contribution is -0.217. The molecule has 4 atom stereocenters. The number of fused-ring (bicyclic) bond motifs is 4. The van der Waals surface area contributed by atoms with Gasteiger partial charge in [-0.1, -0.05) is 0 Å². The van der Waals surface area contributed by atoms with Crippen molar-refractivity contribution in [2.24, 2.45) is 5.92 Å². The molecule has 3 fully saturated rings. The molecule has 0 radical (unpaired) electrons. The van der Waals surface area contributed by atoms with Gasteiger partial charge in [0.15, 0.2) is 11.4 Å². The molecule has 0 bridgehead atoms. The zero-order valence-electron chi connectivity index (χ0n) is 8.73. The first kappa shape index (κ1) is 9.57. The third-order valence-electron chi connectivity index (χ3n) is 3.57. The molecule has 0 spiro atoms. The maximum Gasteiger partial charge on any atom is 0.307 e. The number of ether oxygens (including phenoxy) is 3. The van der Waals surface area contributed by atoms with Gasteiger partial charge in [0.2, 0.25) is 0 Å². The number of carbonyl (C=O) groups is 1. The van der Waals surface area contributed by atoms with Crippen LogP contribution >= 0.6 is 0 Å². The second-order valence-electron chi connectivity index (χ2n) is 4.92. The van der Waals surface area contributed by atoms with Crippen LogP contribution < -0.4 is 0 Å². The van der Waals surface area contributed by atoms with Crippen molar-refractivity contribution in [1.29, 1.82) is 0 Å². The lowest BCUT2D eigenvalue weighted by Crippen LogP contribution is -2.68. The fourth-order valence-corrected chi connectivity index (χ4v) is 2.93. The van der Waals surface area contributed by atoms with Crippen LogP contribution in [0.1, 0.15) is 20.3 Å². The molecule has 0 aromatic rings. The molecule has 0 unspecified atom stereocenters. The molecule has 2 heterocycles. The lowest BCUT2D eigenvalue weighted by Gasteiger charge is -2.48. The van der Waals surface area contributed by atoms with Gasteiger partial charge in [0.05, 0.1) is 19.1 Å². The summed E-state index contributed by atoms with van der Waals surface area (Å²) >= 11 is 0. The molecule has 1 aliphatic carbocycles. The van der Waals surface area contributed by atoms with Gasteiger partial charge in [0, 0.05) is 5.92 Å². The van der Waals surface area contributed by atoms with Gasteiger partial charge in [0.1, 0.15) is 6.10 Å². The molecule has 2 aliphatic heterocycles. The topological polar surface area (TPSA) is 65.0 Å². The quantitative estimate of drug-likeness (QED) is 0.613. The van der Waals surface area contributed by atoms with Crippen molar-refractivity contribution in [1.82, 2.24) is 0 Å².